The van der Waals surface area contributed by atoms with Crippen molar-refractivity contribution in [3.8, 4) is 0 Å². The number of hydrogen-bond donors (Lipinski definition) is 1. The third kappa shape index (κ3) is 3.06. The van der Waals surface area contributed by atoms with Gasteiger partial charge in [-0.25, -0.2) is 4.39 Å². The molecule has 1 aliphatic heterocycles. The molecule has 1 aliphatic rings. The summed E-state index contributed by atoms with van der Waals surface area (Å²) in [6.07, 6.45) is 1.99. The lowest BCUT2D eigenvalue weighted by molar-refractivity contribution is 0.0663. The second kappa shape index (κ2) is 5.59. The first kappa shape index (κ1) is 13.8. The quantitative estimate of drug-likeness (QED) is 0.835. The Labute approximate surface area is 113 Å². The van der Waals surface area contributed by atoms with Crippen LogP contribution in [0.1, 0.15) is 37.0 Å². The zero-order chi connectivity index (χ0) is 14.0. The first-order valence-corrected chi connectivity index (χ1v) is 6.83. The van der Waals surface area contributed by atoms with Gasteiger partial charge < -0.3 is 10.6 Å². The molecule has 19 heavy (non-hydrogen) atoms. The monoisotopic (exact) mass is 264 g/mol. The summed E-state index contributed by atoms with van der Waals surface area (Å²) in [5.41, 5.74) is 6.12. The molecule has 0 saturated carbocycles. The Morgan fingerprint density at radius 1 is 1.37 bits per heavy atom. The predicted octanol–water partition coefficient (Wildman–Crippen LogP) is 2.92. The number of amides is 1. The number of anilines is 1. The maximum Gasteiger partial charge on any atom is 0.256 e. The summed E-state index contributed by atoms with van der Waals surface area (Å²) in [4.78, 5) is 14.0. The number of piperidine rings is 1. The van der Waals surface area contributed by atoms with Crippen LogP contribution in [0, 0.1) is 17.7 Å². The van der Waals surface area contributed by atoms with Crippen LogP contribution in [0.5, 0.6) is 0 Å². The number of likely N-dealkylation sites (tertiary alicyclic amines) is 1. The van der Waals surface area contributed by atoms with E-state index in [4.69, 9.17) is 5.73 Å². The predicted molar refractivity (Wildman–Crippen MR) is 74.3 cm³/mol. The Kier molecular flexibility index (Phi) is 4.08. The highest BCUT2D eigenvalue weighted by atomic mass is 19.1. The third-order valence-electron chi connectivity index (χ3n) is 3.99. The van der Waals surface area contributed by atoms with E-state index in [2.05, 4.69) is 13.8 Å². The number of carbonyl (C=O) groups is 1. The molecule has 0 aliphatic carbocycles. The van der Waals surface area contributed by atoms with Crippen LogP contribution in [0.2, 0.25) is 0 Å². The Bertz CT molecular complexity index is 465. The van der Waals surface area contributed by atoms with Gasteiger partial charge in [0.15, 0.2) is 0 Å². The van der Waals surface area contributed by atoms with E-state index in [1.54, 1.807) is 4.90 Å². The maximum atomic E-state index is 13.7. The van der Waals surface area contributed by atoms with Crippen molar-refractivity contribution in [2.45, 2.75) is 26.7 Å². The molecule has 0 unspecified atom stereocenters. The lowest BCUT2D eigenvalue weighted by atomic mass is 9.86. The molecule has 0 bridgehead atoms. The second-order valence-electron chi connectivity index (χ2n) is 5.61. The minimum absolute atomic E-state index is 0.0861. The van der Waals surface area contributed by atoms with Crippen molar-refractivity contribution in [3.63, 3.8) is 0 Å². The molecule has 1 aromatic rings. The molecule has 1 amide bonds. The highest BCUT2D eigenvalue weighted by Crippen LogP contribution is 2.26. The molecule has 2 rings (SSSR count). The number of rotatable bonds is 2. The molecule has 0 atom stereocenters. The number of hydrogen-bond acceptors (Lipinski definition) is 2. The number of benzene rings is 1. The van der Waals surface area contributed by atoms with Crippen LogP contribution in [0.25, 0.3) is 0 Å². The van der Waals surface area contributed by atoms with Gasteiger partial charge in [0.2, 0.25) is 0 Å². The zero-order valence-electron chi connectivity index (χ0n) is 11.5. The van der Waals surface area contributed by atoms with Crippen LogP contribution in [-0.4, -0.2) is 23.9 Å². The van der Waals surface area contributed by atoms with E-state index in [1.807, 2.05) is 0 Å². The van der Waals surface area contributed by atoms with Gasteiger partial charge in [-0.3, -0.25) is 4.79 Å². The summed E-state index contributed by atoms with van der Waals surface area (Å²) < 4.78 is 13.7. The number of nitrogen functional groups attached to an aromatic ring is 1. The number of halogens is 1. The summed E-state index contributed by atoms with van der Waals surface area (Å²) in [7, 11) is 0. The first-order valence-electron chi connectivity index (χ1n) is 6.83. The van der Waals surface area contributed by atoms with Crippen molar-refractivity contribution in [3.05, 3.63) is 29.6 Å². The van der Waals surface area contributed by atoms with E-state index in [0.717, 1.165) is 12.8 Å². The van der Waals surface area contributed by atoms with Crippen molar-refractivity contribution in [1.82, 2.24) is 4.90 Å². The molecule has 1 aromatic carbocycles. The lowest BCUT2D eigenvalue weighted by Crippen LogP contribution is -2.39. The van der Waals surface area contributed by atoms with Crippen LogP contribution < -0.4 is 5.73 Å². The summed E-state index contributed by atoms with van der Waals surface area (Å²) >= 11 is 0. The highest BCUT2D eigenvalue weighted by Gasteiger charge is 2.26. The lowest BCUT2D eigenvalue weighted by Gasteiger charge is -2.34. The molecule has 0 aromatic heterocycles. The molecular formula is C15H21FN2O. The van der Waals surface area contributed by atoms with E-state index in [0.29, 0.717) is 30.6 Å². The molecule has 3 nitrogen and oxygen atoms in total. The molecule has 1 fully saturated rings. The number of nitrogens with two attached hydrogens (primary N) is 1. The fraction of sp³-hybridized carbons (Fsp3) is 0.533. The normalized spacial score (nSPS) is 16.9. The topological polar surface area (TPSA) is 46.3 Å². The van der Waals surface area contributed by atoms with E-state index >= 15 is 0 Å². The van der Waals surface area contributed by atoms with Gasteiger partial charge >= 0.3 is 0 Å². The first-order chi connectivity index (χ1) is 8.99. The van der Waals surface area contributed by atoms with Crippen molar-refractivity contribution in [2.75, 3.05) is 18.8 Å². The van der Waals surface area contributed by atoms with Crippen molar-refractivity contribution in [1.29, 1.82) is 0 Å². The summed E-state index contributed by atoms with van der Waals surface area (Å²) in [6, 6.07) is 4.15. The van der Waals surface area contributed by atoms with Crippen molar-refractivity contribution < 1.29 is 9.18 Å². The average Bonchev–Trinajstić information content (AvgIpc) is 2.41. The van der Waals surface area contributed by atoms with Gasteiger partial charge in [-0.05, 0) is 42.9 Å². The largest absolute Gasteiger partial charge is 0.399 e. The van der Waals surface area contributed by atoms with Crippen LogP contribution >= 0.6 is 0 Å². The fourth-order valence-electron chi connectivity index (χ4n) is 2.65. The van der Waals surface area contributed by atoms with Gasteiger partial charge in [0.05, 0.1) is 5.56 Å². The van der Waals surface area contributed by atoms with Gasteiger partial charge in [-0.1, -0.05) is 13.8 Å². The molecule has 0 radical (unpaired) electrons. The van der Waals surface area contributed by atoms with Crippen molar-refractivity contribution in [2.24, 2.45) is 11.8 Å². The summed E-state index contributed by atoms with van der Waals surface area (Å²) in [5.74, 6) is 0.563. The molecule has 1 saturated heterocycles. The molecular weight excluding hydrogens is 243 g/mol. The van der Waals surface area contributed by atoms with Crippen molar-refractivity contribution >= 4 is 11.6 Å². The molecule has 0 spiro atoms. The summed E-state index contributed by atoms with van der Waals surface area (Å²) in [6.45, 7) is 5.82. The number of nitrogens with zero attached hydrogens (tertiary/aromatic N) is 1. The van der Waals surface area contributed by atoms with E-state index in [9.17, 15) is 9.18 Å². The maximum absolute atomic E-state index is 13.7. The van der Waals surface area contributed by atoms with E-state index in [-0.39, 0.29) is 11.5 Å². The minimum Gasteiger partial charge on any atom is -0.399 e. The number of carbonyl (C=O) groups excluding carboxylic acids is 1. The summed E-state index contributed by atoms with van der Waals surface area (Å²) in [5, 5.41) is 0. The van der Waals surface area contributed by atoms with Crippen LogP contribution in [-0.2, 0) is 0 Å². The highest BCUT2D eigenvalue weighted by molar-refractivity contribution is 5.95. The van der Waals surface area contributed by atoms with Gasteiger partial charge in [0.25, 0.3) is 5.91 Å². The minimum atomic E-state index is -0.495. The zero-order valence-corrected chi connectivity index (χ0v) is 11.5. The van der Waals surface area contributed by atoms with Gasteiger partial charge in [0.1, 0.15) is 5.82 Å². The SMILES string of the molecule is CC(C)C1CCN(C(=O)c2cc(N)ccc2F)CC1. The Balaban J connectivity index is 2.07. The molecule has 4 heteroatoms. The molecule has 1 heterocycles. The Hall–Kier alpha value is -1.58. The molecule has 104 valence electrons. The third-order valence-corrected chi connectivity index (χ3v) is 3.99. The van der Waals surface area contributed by atoms with Gasteiger partial charge in [0, 0.05) is 18.8 Å². The average molecular weight is 264 g/mol. The van der Waals surface area contributed by atoms with E-state index in [1.165, 1.54) is 18.2 Å². The van der Waals surface area contributed by atoms with Crippen LogP contribution in [0.15, 0.2) is 18.2 Å². The van der Waals surface area contributed by atoms with Crippen LogP contribution in [0.3, 0.4) is 0 Å². The fourth-order valence-corrected chi connectivity index (χ4v) is 2.65. The van der Waals surface area contributed by atoms with E-state index < -0.39 is 5.82 Å². The van der Waals surface area contributed by atoms with Gasteiger partial charge in [-0.15, -0.1) is 0 Å². The molecule has 2 N–H and O–H groups in total. The Morgan fingerprint density at radius 2 is 2.00 bits per heavy atom. The Morgan fingerprint density at radius 3 is 2.58 bits per heavy atom. The van der Waals surface area contributed by atoms with Crippen LogP contribution in [0.4, 0.5) is 10.1 Å². The standard InChI is InChI=1S/C15H21FN2O/c1-10(2)11-5-7-18(8-6-11)15(19)13-9-12(17)3-4-14(13)16/h3-4,9-11H,5-8,17H2,1-2H3. The smallest absolute Gasteiger partial charge is 0.256 e. The second-order valence-corrected chi connectivity index (χ2v) is 5.61. The van der Waals surface area contributed by atoms with Gasteiger partial charge in [-0.2, -0.15) is 0 Å².